The van der Waals surface area contributed by atoms with Gasteiger partial charge in [0.25, 0.3) is 0 Å². The van der Waals surface area contributed by atoms with E-state index in [0.29, 0.717) is 16.4 Å². The van der Waals surface area contributed by atoms with Crippen LogP contribution in [0, 0.1) is 5.92 Å². The standard InChI is InChI=1S/C5H13NOSi.2C4H9NO/c1-4(2)5(3)6-7-8;2*1-3-4(2)5-6/h4H,1-3,8H3;2*6H,3H2,1-2H3. The fraction of sp³-hybridized carbons (Fsp3) is 0.769. The van der Waals surface area contributed by atoms with Crippen LogP contribution in [0.15, 0.2) is 15.5 Å². The van der Waals surface area contributed by atoms with Crippen molar-refractivity contribution in [3.63, 3.8) is 0 Å². The predicted octanol–water partition coefficient (Wildman–Crippen LogP) is 2.81. The first kappa shape index (κ1) is 23.7. The Balaban J connectivity index is -0.000000221. The zero-order valence-electron chi connectivity index (χ0n) is 14.1. The van der Waals surface area contributed by atoms with Crippen molar-refractivity contribution in [2.24, 2.45) is 21.4 Å². The summed E-state index contributed by atoms with van der Waals surface area (Å²) in [6.07, 6.45) is 1.66. The number of nitrogens with zero attached hydrogens (tertiary/aromatic N) is 3. The van der Waals surface area contributed by atoms with E-state index in [2.05, 4.69) is 29.3 Å². The third-order valence-corrected chi connectivity index (χ3v) is 2.62. The summed E-state index contributed by atoms with van der Waals surface area (Å²) in [7, 11) is 0.695. The molecule has 0 unspecified atom stereocenters. The summed E-state index contributed by atoms with van der Waals surface area (Å²) < 4.78 is 4.69. The van der Waals surface area contributed by atoms with Gasteiger partial charge >= 0.3 is 0 Å². The van der Waals surface area contributed by atoms with Gasteiger partial charge in [-0.1, -0.05) is 38.0 Å². The van der Waals surface area contributed by atoms with Crippen LogP contribution in [0.2, 0.25) is 0 Å². The lowest BCUT2D eigenvalue weighted by Crippen LogP contribution is -2.01. The molecule has 0 aromatic rings. The van der Waals surface area contributed by atoms with Gasteiger partial charge < -0.3 is 14.9 Å². The van der Waals surface area contributed by atoms with Crippen molar-refractivity contribution in [2.45, 2.75) is 61.3 Å². The average molecular weight is 305 g/mol. The average Bonchev–Trinajstić information content (AvgIpc) is 2.46. The third kappa shape index (κ3) is 21.9. The van der Waals surface area contributed by atoms with Crippen molar-refractivity contribution in [1.29, 1.82) is 0 Å². The molecule has 0 heterocycles. The maximum absolute atomic E-state index is 7.92. The lowest BCUT2D eigenvalue weighted by atomic mass is 10.1. The van der Waals surface area contributed by atoms with Crippen molar-refractivity contribution in [1.82, 2.24) is 0 Å². The van der Waals surface area contributed by atoms with Gasteiger partial charge in [0.2, 0.25) is 10.5 Å². The fourth-order valence-corrected chi connectivity index (χ4v) is 0.679. The highest BCUT2D eigenvalue weighted by Crippen LogP contribution is 1.94. The zero-order valence-corrected chi connectivity index (χ0v) is 16.1. The Bertz CT molecular complexity index is 285. The number of hydrogen-bond acceptors (Lipinski definition) is 6. The van der Waals surface area contributed by atoms with Gasteiger partial charge in [0.1, 0.15) is 0 Å². The minimum absolute atomic E-state index is 0.518. The second kappa shape index (κ2) is 17.6. The Morgan fingerprint density at radius 3 is 1.40 bits per heavy atom. The molecule has 0 aliphatic rings. The predicted molar refractivity (Wildman–Crippen MR) is 89.3 cm³/mol. The molecule has 2 N–H and O–H groups in total. The van der Waals surface area contributed by atoms with Crippen molar-refractivity contribution < 1.29 is 14.9 Å². The smallest absolute Gasteiger partial charge is 0.242 e. The maximum atomic E-state index is 7.92. The molecule has 0 fully saturated rings. The molecule has 0 rings (SSSR count). The quantitative estimate of drug-likeness (QED) is 0.362. The van der Waals surface area contributed by atoms with Gasteiger partial charge in [-0.05, 0) is 39.5 Å². The molecule has 0 aromatic carbocycles. The van der Waals surface area contributed by atoms with Gasteiger partial charge in [0.05, 0.1) is 17.1 Å². The first-order valence-electron chi connectivity index (χ1n) is 6.73. The van der Waals surface area contributed by atoms with Gasteiger partial charge in [-0.3, -0.25) is 0 Å². The van der Waals surface area contributed by atoms with Crippen LogP contribution in [0.5, 0.6) is 0 Å². The molecule has 0 aromatic heterocycles. The highest BCUT2D eigenvalue weighted by molar-refractivity contribution is 5.98. The Kier molecular flexibility index (Phi) is 20.9. The van der Waals surface area contributed by atoms with E-state index in [-0.39, 0.29) is 0 Å². The van der Waals surface area contributed by atoms with E-state index >= 15 is 0 Å². The normalized spacial score (nSPS) is 12.3. The Hall–Kier alpha value is -1.37. The Labute approximate surface area is 126 Å². The van der Waals surface area contributed by atoms with Crippen LogP contribution in [-0.4, -0.2) is 38.0 Å². The van der Waals surface area contributed by atoms with Crippen molar-refractivity contribution in [3.05, 3.63) is 0 Å². The summed E-state index contributed by atoms with van der Waals surface area (Å²) in [5, 5.41) is 25.5. The lowest BCUT2D eigenvalue weighted by molar-refractivity contribution is 0.317. The van der Waals surface area contributed by atoms with E-state index < -0.39 is 0 Å². The summed E-state index contributed by atoms with van der Waals surface area (Å²) >= 11 is 0. The number of hydrogen-bond donors (Lipinski definition) is 2. The molecule has 0 amide bonds. The Morgan fingerprint density at radius 1 is 1.00 bits per heavy atom. The van der Waals surface area contributed by atoms with Crippen LogP contribution in [-0.2, 0) is 4.53 Å². The second-order valence-corrected chi connectivity index (χ2v) is 4.81. The first-order chi connectivity index (χ1) is 9.30. The van der Waals surface area contributed by atoms with Crippen LogP contribution in [0.4, 0.5) is 0 Å². The van der Waals surface area contributed by atoms with E-state index in [1.165, 1.54) is 0 Å². The van der Waals surface area contributed by atoms with Crippen LogP contribution >= 0.6 is 0 Å². The molecule has 7 heteroatoms. The largest absolute Gasteiger partial charge is 0.467 e. The van der Waals surface area contributed by atoms with Crippen LogP contribution in [0.1, 0.15) is 61.3 Å². The highest BCUT2D eigenvalue weighted by Gasteiger charge is 1.95. The molecule has 20 heavy (non-hydrogen) atoms. The molecule has 0 atom stereocenters. The molecule has 0 saturated carbocycles. The second-order valence-electron chi connectivity index (χ2n) is 4.45. The SMILES string of the molecule is CC(=NO[SiH3])C(C)C.CCC(C)=NO.CCC(C)=NO. The molecule has 0 radical (unpaired) electrons. The van der Waals surface area contributed by atoms with Gasteiger partial charge in [-0.25, -0.2) is 0 Å². The number of rotatable bonds is 4. The minimum atomic E-state index is 0.518. The molecule has 6 nitrogen and oxygen atoms in total. The first-order valence-corrected chi connectivity index (χ1v) is 7.54. The minimum Gasteiger partial charge on any atom is -0.467 e. The molecule has 0 saturated heterocycles. The van der Waals surface area contributed by atoms with Crippen molar-refractivity contribution in [3.8, 4) is 0 Å². The summed E-state index contributed by atoms with van der Waals surface area (Å²) in [5.74, 6) is 0.518. The molecule has 0 spiro atoms. The van der Waals surface area contributed by atoms with Crippen LogP contribution in [0.3, 0.4) is 0 Å². The van der Waals surface area contributed by atoms with E-state index in [4.69, 9.17) is 14.9 Å². The summed E-state index contributed by atoms with van der Waals surface area (Å²) in [6.45, 7) is 13.6. The lowest BCUT2D eigenvalue weighted by Gasteiger charge is -2.00. The molecule has 120 valence electrons. The maximum Gasteiger partial charge on any atom is 0.242 e. The van der Waals surface area contributed by atoms with Crippen LogP contribution in [0.25, 0.3) is 0 Å². The zero-order chi connectivity index (χ0) is 16.6. The van der Waals surface area contributed by atoms with Gasteiger partial charge in [-0.2, -0.15) is 0 Å². The van der Waals surface area contributed by atoms with Gasteiger partial charge in [0.15, 0.2) is 0 Å². The fourth-order valence-electron chi connectivity index (χ4n) is 0.391. The van der Waals surface area contributed by atoms with E-state index in [1.54, 1.807) is 13.8 Å². The molecule has 0 aliphatic heterocycles. The highest BCUT2D eigenvalue weighted by atomic mass is 28.2. The summed E-state index contributed by atoms with van der Waals surface area (Å²) in [5.41, 5.74) is 2.62. The topological polar surface area (TPSA) is 86.8 Å². The molecular weight excluding hydrogens is 274 g/mol. The molecule has 0 aliphatic carbocycles. The third-order valence-electron chi connectivity index (χ3n) is 2.44. The molecular formula is C13H31N3O3Si. The number of oxime groups is 3. The van der Waals surface area contributed by atoms with Crippen LogP contribution < -0.4 is 0 Å². The molecule has 0 bridgehead atoms. The van der Waals surface area contributed by atoms with Crippen molar-refractivity contribution >= 4 is 27.6 Å². The van der Waals surface area contributed by atoms with Gasteiger partial charge in [-0.15, -0.1) is 5.16 Å². The van der Waals surface area contributed by atoms with E-state index in [1.807, 2.05) is 20.8 Å². The summed E-state index contributed by atoms with van der Waals surface area (Å²) in [4.78, 5) is 0. The van der Waals surface area contributed by atoms with E-state index in [9.17, 15) is 0 Å². The van der Waals surface area contributed by atoms with Gasteiger partial charge in [0, 0.05) is 0 Å². The van der Waals surface area contributed by atoms with E-state index in [0.717, 1.165) is 30.0 Å². The Morgan fingerprint density at radius 2 is 1.35 bits per heavy atom. The van der Waals surface area contributed by atoms with Crippen molar-refractivity contribution in [2.75, 3.05) is 0 Å². The monoisotopic (exact) mass is 305 g/mol. The summed E-state index contributed by atoms with van der Waals surface area (Å²) in [6, 6.07) is 0.